The van der Waals surface area contributed by atoms with E-state index in [2.05, 4.69) is 45.4 Å². The highest BCUT2D eigenvalue weighted by atomic mass is 16.5. The van der Waals surface area contributed by atoms with E-state index in [0.29, 0.717) is 11.9 Å². The number of hydrogen-bond donors (Lipinski definition) is 0. The molecule has 94 valence electrons. The summed E-state index contributed by atoms with van der Waals surface area (Å²) in [6.45, 7) is 3.71. The summed E-state index contributed by atoms with van der Waals surface area (Å²) in [5.41, 5.74) is 1.38. The fourth-order valence-corrected chi connectivity index (χ4v) is 2.66. The summed E-state index contributed by atoms with van der Waals surface area (Å²) in [4.78, 5) is 6.71. The molecule has 2 heterocycles. The molecule has 18 heavy (non-hydrogen) atoms. The molecule has 1 atom stereocenters. The van der Waals surface area contributed by atoms with Gasteiger partial charge in [0.2, 0.25) is 5.89 Å². The molecule has 1 aliphatic rings. The molecule has 2 aromatic rings. The first-order valence-electron chi connectivity index (χ1n) is 6.41. The number of nitrogens with zero attached hydrogens (tertiary/aromatic N) is 3. The second-order valence-corrected chi connectivity index (χ2v) is 4.77. The van der Waals surface area contributed by atoms with E-state index in [1.807, 2.05) is 6.92 Å². The van der Waals surface area contributed by atoms with Crippen molar-refractivity contribution in [2.45, 2.75) is 32.4 Å². The first-order chi connectivity index (χ1) is 8.83. The molecule has 1 aromatic heterocycles. The van der Waals surface area contributed by atoms with Crippen LogP contribution in [0.15, 0.2) is 34.9 Å². The van der Waals surface area contributed by atoms with Crippen molar-refractivity contribution < 1.29 is 4.52 Å². The van der Waals surface area contributed by atoms with E-state index in [1.165, 1.54) is 18.4 Å². The topological polar surface area (TPSA) is 42.2 Å². The normalized spacial score (nSPS) is 20.4. The second kappa shape index (κ2) is 4.90. The minimum atomic E-state index is 0.491. The van der Waals surface area contributed by atoms with Gasteiger partial charge in [-0.15, -0.1) is 0 Å². The van der Waals surface area contributed by atoms with E-state index in [9.17, 15) is 0 Å². The van der Waals surface area contributed by atoms with Gasteiger partial charge in [0, 0.05) is 13.0 Å². The van der Waals surface area contributed by atoms with Crippen molar-refractivity contribution in [2.75, 3.05) is 6.54 Å². The Bertz CT molecular complexity index is 509. The first kappa shape index (κ1) is 11.4. The molecular formula is C14H17N3O. The molecule has 0 spiro atoms. The van der Waals surface area contributed by atoms with Crippen LogP contribution in [0.3, 0.4) is 0 Å². The van der Waals surface area contributed by atoms with Crippen molar-refractivity contribution in [2.24, 2.45) is 0 Å². The summed E-state index contributed by atoms with van der Waals surface area (Å²) in [6, 6.07) is 11.2. The molecule has 1 saturated heterocycles. The number of aryl methyl sites for hydroxylation is 1. The maximum Gasteiger partial charge on any atom is 0.223 e. The monoisotopic (exact) mass is 243 g/mol. The van der Waals surface area contributed by atoms with Crippen molar-refractivity contribution in [3.8, 4) is 0 Å². The van der Waals surface area contributed by atoms with Gasteiger partial charge in [0.15, 0.2) is 5.82 Å². The summed E-state index contributed by atoms with van der Waals surface area (Å²) in [6.07, 6.45) is 2.44. The Kier molecular flexibility index (Phi) is 3.11. The van der Waals surface area contributed by atoms with Gasteiger partial charge >= 0.3 is 0 Å². The summed E-state index contributed by atoms with van der Waals surface area (Å²) in [5, 5.41) is 3.98. The van der Waals surface area contributed by atoms with E-state index in [0.717, 1.165) is 18.9 Å². The maximum atomic E-state index is 5.03. The van der Waals surface area contributed by atoms with Crippen LogP contribution in [0.4, 0.5) is 0 Å². The number of benzene rings is 1. The molecule has 0 bridgehead atoms. The number of rotatable bonds is 3. The smallest absolute Gasteiger partial charge is 0.223 e. The molecule has 0 N–H and O–H groups in total. The molecule has 0 aliphatic carbocycles. The largest absolute Gasteiger partial charge is 0.340 e. The van der Waals surface area contributed by atoms with Crippen molar-refractivity contribution in [1.29, 1.82) is 0 Å². The number of hydrogen-bond acceptors (Lipinski definition) is 4. The lowest BCUT2D eigenvalue weighted by Gasteiger charge is -2.23. The predicted octanol–water partition coefficient (Wildman–Crippen LogP) is 2.72. The average Bonchev–Trinajstić information content (AvgIpc) is 3.00. The van der Waals surface area contributed by atoms with E-state index in [4.69, 9.17) is 4.52 Å². The molecule has 0 saturated carbocycles. The average molecular weight is 243 g/mol. The Labute approximate surface area is 107 Å². The standard InChI is InChI=1S/C14H17N3O/c1-11-15-14(16-18-11)10-17-9-5-8-13(17)12-6-3-2-4-7-12/h2-4,6-7,13H,5,8-10H2,1H3/t13-/m0/s1. The third-order valence-electron chi connectivity index (χ3n) is 3.46. The van der Waals surface area contributed by atoms with Crippen LogP contribution in [0, 0.1) is 6.92 Å². The molecule has 0 radical (unpaired) electrons. The highest BCUT2D eigenvalue weighted by Crippen LogP contribution is 2.32. The zero-order valence-corrected chi connectivity index (χ0v) is 10.5. The third kappa shape index (κ3) is 2.29. The lowest BCUT2D eigenvalue weighted by atomic mass is 10.0. The van der Waals surface area contributed by atoms with Crippen LogP contribution >= 0.6 is 0 Å². The molecule has 1 fully saturated rings. The molecule has 4 heteroatoms. The van der Waals surface area contributed by atoms with Crippen molar-refractivity contribution in [3.63, 3.8) is 0 Å². The Morgan fingerprint density at radius 2 is 2.17 bits per heavy atom. The molecular weight excluding hydrogens is 226 g/mol. The molecule has 3 rings (SSSR count). The minimum absolute atomic E-state index is 0.491. The van der Waals surface area contributed by atoms with Crippen LogP contribution in [-0.4, -0.2) is 21.6 Å². The van der Waals surface area contributed by atoms with Crippen LogP contribution in [0.5, 0.6) is 0 Å². The zero-order valence-electron chi connectivity index (χ0n) is 10.5. The van der Waals surface area contributed by atoms with E-state index in [1.54, 1.807) is 0 Å². The van der Waals surface area contributed by atoms with Gasteiger partial charge in [-0.2, -0.15) is 4.98 Å². The lowest BCUT2D eigenvalue weighted by Crippen LogP contribution is -2.23. The third-order valence-corrected chi connectivity index (χ3v) is 3.46. The summed E-state index contributed by atoms with van der Waals surface area (Å²) in [5.74, 6) is 1.43. The molecule has 1 aromatic carbocycles. The fraction of sp³-hybridized carbons (Fsp3) is 0.429. The minimum Gasteiger partial charge on any atom is -0.340 e. The summed E-state index contributed by atoms with van der Waals surface area (Å²) >= 11 is 0. The van der Waals surface area contributed by atoms with Gasteiger partial charge < -0.3 is 4.52 Å². The van der Waals surface area contributed by atoms with Gasteiger partial charge in [-0.3, -0.25) is 4.90 Å². The van der Waals surface area contributed by atoms with Gasteiger partial charge in [0.25, 0.3) is 0 Å². The molecule has 4 nitrogen and oxygen atoms in total. The highest BCUT2D eigenvalue weighted by molar-refractivity contribution is 5.20. The van der Waals surface area contributed by atoms with Crippen molar-refractivity contribution in [3.05, 3.63) is 47.6 Å². The van der Waals surface area contributed by atoms with E-state index < -0.39 is 0 Å². The van der Waals surface area contributed by atoms with E-state index in [-0.39, 0.29) is 0 Å². The molecule has 0 unspecified atom stereocenters. The SMILES string of the molecule is Cc1nc(CN2CCC[C@H]2c2ccccc2)no1. The summed E-state index contributed by atoms with van der Waals surface area (Å²) < 4.78 is 5.03. The molecule has 1 aliphatic heterocycles. The van der Waals surface area contributed by atoms with Gasteiger partial charge in [0.05, 0.1) is 6.54 Å². The van der Waals surface area contributed by atoms with Crippen LogP contribution in [-0.2, 0) is 6.54 Å². The van der Waals surface area contributed by atoms with Gasteiger partial charge in [-0.25, -0.2) is 0 Å². The van der Waals surface area contributed by atoms with Crippen molar-refractivity contribution in [1.82, 2.24) is 15.0 Å². The zero-order chi connectivity index (χ0) is 12.4. The van der Waals surface area contributed by atoms with Crippen LogP contribution in [0.1, 0.15) is 36.2 Å². The fourth-order valence-electron chi connectivity index (χ4n) is 2.66. The lowest BCUT2D eigenvalue weighted by molar-refractivity contribution is 0.238. The summed E-state index contributed by atoms with van der Waals surface area (Å²) in [7, 11) is 0. The maximum absolute atomic E-state index is 5.03. The Balaban J connectivity index is 1.75. The Morgan fingerprint density at radius 3 is 2.89 bits per heavy atom. The predicted molar refractivity (Wildman–Crippen MR) is 67.9 cm³/mol. The van der Waals surface area contributed by atoms with Gasteiger partial charge in [0.1, 0.15) is 0 Å². The van der Waals surface area contributed by atoms with Gasteiger partial charge in [-0.05, 0) is 24.9 Å². The number of aromatic nitrogens is 2. The molecule has 0 amide bonds. The Morgan fingerprint density at radius 1 is 1.33 bits per heavy atom. The second-order valence-electron chi connectivity index (χ2n) is 4.77. The quantitative estimate of drug-likeness (QED) is 0.831. The van der Waals surface area contributed by atoms with Crippen LogP contribution < -0.4 is 0 Å². The van der Waals surface area contributed by atoms with Crippen LogP contribution in [0.2, 0.25) is 0 Å². The van der Waals surface area contributed by atoms with Crippen LogP contribution in [0.25, 0.3) is 0 Å². The van der Waals surface area contributed by atoms with E-state index >= 15 is 0 Å². The van der Waals surface area contributed by atoms with Crippen molar-refractivity contribution >= 4 is 0 Å². The first-order valence-corrected chi connectivity index (χ1v) is 6.41. The Hall–Kier alpha value is -1.68. The highest BCUT2D eigenvalue weighted by Gasteiger charge is 2.26. The number of likely N-dealkylation sites (tertiary alicyclic amines) is 1. The van der Waals surface area contributed by atoms with Gasteiger partial charge in [-0.1, -0.05) is 35.5 Å².